The van der Waals surface area contributed by atoms with Gasteiger partial charge in [0, 0.05) is 31.1 Å². The molecule has 0 bridgehead atoms. The van der Waals surface area contributed by atoms with Gasteiger partial charge in [0.2, 0.25) is 0 Å². The van der Waals surface area contributed by atoms with Crippen molar-refractivity contribution in [2.75, 3.05) is 18.9 Å². The number of rotatable bonds is 7. The minimum atomic E-state index is 0.496. The molecule has 1 aliphatic rings. The first-order valence-corrected chi connectivity index (χ1v) is 7.47. The number of aryl methyl sites for hydroxylation is 1. The topological polar surface area (TPSA) is 41.1 Å². The number of nitrogens with zero attached hydrogens (tertiary/aromatic N) is 3. The molecule has 1 aromatic heterocycles. The SMILES string of the molecule is CCCc1nc(Cl)cc(NCC(C)N(C)C2CC2)n1. The number of hydrogen-bond donors (Lipinski definition) is 1. The molecule has 1 fully saturated rings. The summed E-state index contributed by atoms with van der Waals surface area (Å²) in [4.78, 5) is 11.2. The zero-order valence-electron chi connectivity index (χ0n) is 12.0. The van der Waals surface area contributed by atoms with Crippen LogP contribution in [0.25, 0.3) is 0 Å². The van der Waals surface area contributed by atoms with Gasteiger partial charge in [-0.1, -0.05) is 18.5 Å². The first kappa shape index (κ1) is 14.5. The second-order valence-electron chi connectivity index (χ2n) is 5.37. The maximum Gasteiger partial charge on any atom is 0.134 e. The fourth-order valence-electron chi connectivity index (χ4n) is 2.13. The van der Waals surface area contributed by atoms with Gasteiger partial charge in [-0.05, 0) is 33.2 Å². The minimum absolute atomic E-state index is 0.496. The van der Waals surface area contributed by atoms with Gasteiger partial charge >= 0.3 is 0 Å². The maximum absolute atomic E-state index is 6.02. The van der Waals surface area contributed by atoms with Crippen LogP contribution in [0.5, 0.6) is 0 Å². The van der Waals surface area contributed by atoms with E-state index in [1.807, 2.05) is 0 Å². The molecule has 0 aliphatic heterocycles. The van der Waals surface area contributed by atoms with Crippen LogP contribution in [-0.4, -0.2) is 40.5 Å². The molecule has 5 heteroatoms. The van der Waals surface area contributed by atoms with Crippen LogP contribution < -0.4 is 5.32 Å². The monoisotopic (exact) mass is 282 g/mol. The van der Waals surface area contributed by atoms with Crippen LogP contribution >= 0.6 is 11.6 Å². The van der Waals surface area contributed by atoms with Crippen LogP contribution in [-0.2, 0) is 6.42 Å². The molecule has 2 rings (SSSR count). The van der Waals surface area contributed by atoms with Crippen molar-refractivity contribution < 1.29 is 0 Å². The van der Waals surface area contributed by atoms with Crippen LogP contribution in [0.1, 0.15) is 38.9 Å². The van der Waals surface area contributed by atoms with Gasteiger partial charge in [-0.25, -0.2) is 9.97 Å². The summed E-state index contributed by atoms with van der Waals surface area (Å²) in [5.41, 5.74) is 0. The molecule has 0 spiro atoms. The summed E-state index contributed by atoms with van der Waals surface area (Å²) in [5.74, 6) is 1.65. The number of anilines is 1. The Morgan fingerprint density at radius 1 is 1.47 bits per heavy atom. The van der Waals surface area contributed by atoms with E-state index >= 15 is 0 Å². The normalized spacial score (nSPS) is 16.7. The molecule has 1 unspecified atom stereocenters. The summed E-state index contributed by atoms with van der Waals surface area (Å²) in [6.45, 7) is 5.23. The van der Waals surface area contributed by atoms with E-state index in [0.717, 1.165) is 37.1 Å². The Kier molecular flexibility index (Phi) is 4.99. The van der Waals surface area contributed by atoms with Gasteiger partial charge in [-0.2, -0.15) is 0 Å². The predicted molar refractivity (Wildman–Crippen MR) is 79.8 cm³/mol. The van der Waals surface area contributed by atoms with E-state index in [-0.39, 0.29) is 0 Å². The Morgan fingerprint density at radius 3 is 2.84 bits per heavy atom. The lowest BCUT2D eigenvalue weighted by Gasteiger charge is -2.24. The van der Waals surface area contributed by atoms with Crippen molar-refractivity contribution in [3.05, 3.63) is 17.0 Å². The van der Waals surface area contributed by atoms with E-state index in [1.165, 1.54) is 12.8 Å². The first-order valence-electron chi connectivity index (χ1n) is 7.09. The highest BCUT2D eigenvalue weighted by Gasteiger charge is 2.28. The second kappa shape index (κ2) is 6.53. The maximum atomic E-state index is 6.02. The van der Waals surface area contributed by atoms with Crippen molar-refractivity contribution in [2.45, 2.75) is 51.6 Å². The molecule has 1 aromatic rings. The molecule has 4 nitrogen and oxygen atoms in total. The predicted octanol–water partition coefficient (Wildman–Crippen LogP) is 2.98. The van der Waals surface area contributed by atoms with Crippen molar-refractivity contribution in [2.24, 2.45) is 0 Å². The Labute approximate surface area is 120 Å². The lowest BCUT2D eigenvalue weighted by atomic mass is 10.3. The highest BCUT2D eigenvalue weighted by atomic mass is 35.5. The van der Waals surface area contributed by atoms with Crippen LogP contribution in [0.4, 0.5) is 5.82 Å². The second-order valence-corrected chi connectivity index (χ2v) is 5.76. The largest absolute Gasteiger partial charge is 0.368 e. The molecule has 1 aliphatic carbocycles. The summed E-state index contributed by atoms with van der Waals surface area (Å²) < 4.78 is 0. The number of likely N-dealkylation sites (N-methyl/N-ethyl adjacent to an activating group) is 1. The smallest absolute Gasteiger partial charge is 0.134 e. The van der Waals surface area contributed by atoms with E-state index in [9.17, 15) is 0 Å². The third-order valence-corrected chi connectivity index (χ3v) is 3.81. The lowest BCUT2D eigenvalue weighted by molar-refractivity contribution is 0.257. The number of aromatic nitrogens is 2. The van der Waals surface area contributed by atoms with E-state index in [1.54, 1.807) is 6.07 Å². The van der Waals surface area contributed by atoms with Crippen LogP contribution in [0.15, 0.2) is 6.07 Å². The Hall–Kier alpha value is -0.870. The summed E-state index contributed by atoms with van der Waals surface area (Å²) in [5, 5.41) is 3.89. The van der Waals surface area contributed by atoms with Gasteiger partial charge in [0.25, 0.3) is 0 Å². The van der Waals surface area contributed by atoms with Crippen LogP contribution in [0, 0.1) is 0 Å². The molecule has 106 valence electrons. The summed E-state index contributed by atoms with van der Waals surface area (Å²) >= 11 is 6.02. The van der Waals surface area contributed by atoms with Crippen LogP contribution in [0.3, 0.4) is 0 Å². The lowest BCUT2D eigenvalue weighted by Crippen LogP contribution is -2.36. The summed E-state index contributed by atoms with van der Waals surface area (Å²) in [6.07, 6.45) is 4.56. The van der Waals surface area contributed by atoms with Gasteiger partial charge in [0.15, 0.2) is 0 Å². The van der Waals surface area contributed by atoms with E-state index in [4.69, 9.17) is 11.6 Å². The molecular weight excluding hydrogens is 260 g/mol. The van der Waals surface area contributed by atoms with Crippen molar-refractivity contribution in [1.82, 2.24) is 14.9 Å². The summed E-state index contributed by atoms with van der Waals surface area (Å²) in [6, 6.07) is 3.07. The zero-order chi connectivity index (χ0) is 13.8. The third kappa shape index (κ3) is 4.32. The van der Waals surface area contributed by atoms with Gasteiger partial charge in [0.1, 0.15) is 16.8 Å². The Bertz CT molecular complexity index is 420. The highest BCUT2D eigenvalue weighted by Crippen LogP contribution is 2.27. The number of halogens is 1. The standard InChI is InChI=1S/C14H23ClN4/c1-4-5-13-17-12(15)8-14(18-13)16-9-10(2)19(3)11-6-7-11/h8,10-11H,4-7,9H2,1-3H3,(H,16,17,18). The Morgan fingerprint density at radius 2 is 2.21 bits per heavy atom. The molecule has 1 N–H and O–H groups in total. The molecule has 1 heterocycles. The van der Waals surface area contributed by atoms with Crippen molar-refractivity contribution >= 4 is 17.4 Å². The first-order chi connectivity index (χ1) is 9.10. The van der Waals surface area contributed by atoms with Gasteiger partial charge < -0.3 is 5.32 Å². The molecule has 1 saturated carbocycles. The number of nitrogens with one attached hydrogen (secondary N) is 1. The van der Waals surface area contributed by atoms with Crippen molar-refractivity contribution in [1.29, 1.82) is 0 Å². The fraction of sp³-hybridized carbons (Fsp3) is 0.714. The van der Waals surface area contributed by atoms with Gasteiger partial charge in [-0.3, -0.25) is 4.90 Å². The van der Waals surface area contributed by atoms with E-state index < -0.39 is 0 Å². The van der Waals surface area contributed by atoms with E-state index in [0.29, 0.717) is 11.2 Å². The molecule has 0 aromatic carbocycles. The number of hydrogen-bond acceptors (Lipinski definition) is 4. The molecule has 0 amide bonds. The molecule has 0 radical (unpaired) electrons. The van der Waals surface area contributed by atoms with E-state index in [2.05, 4.69) is 41.1 Å². The van der Waals surface area contributed by atoms with Crippen molar-refractivity contribution in [3.8, 4) is 0 Å². The minimum Gasteiger partial charge on any atom is -0.368 e. The Balaban J connectivity index is 1.90. The highest BCUT2D eigenvalue weighted by molar-refractivity contribution is 6.29. The molecule has 0 saturated heterocycles. The third-order valence-electron chi connectivity index (χ3n) is 3.61. The molecule has 19 heavy (non-hydrogen) atoms. The van der Waals surface area contributed by atoms with Gasteiger partial charge in [0.05, 0.1) is 0 Å². The summed E-state index contributed by atoms with van der Waals surface area (Å²) in [7, 11) is 2.19. The van der Waals surface area contributed by atoms with Crippen LogP contribution in [0.2, 0.25) is 5.15 Å². The average molecular weight is 283 g/mol. The van der Waals surface area contributed by atoms with Crippen molar-refractivity contribution in [3.63, 3.8) is 0 Å². The zero-order valence-corrected chi connectivity index (χ0v) is 12.7. The fourth-order valence-corrected chi connectivity index (χ4v) is 2.33. The average Bonchev–Trinajstić information content (AvgIpc) is 3.19. The quantitative estimate of drug-likeness (QED) is 0.781. The molecular formula is C14H23ClN4. The molecule has 1 atom stereocenters. The van der Waals surface area contributed by atoms with Gasteiger partial charge in [-0.15, -0.1) is 0 Å².